The van der Waals surface area contributed by atoms with Crippen LogP contribution in [0.15, 0.2) is 23.1 Å². The Hall–Kier alpha value is -2.14. The van der Waals surface area contributed by atoms with Crippen LogP contribution in [0.25, 0.3) is 10.9 Å². The number of aryl methyl sites for hydroxylation is 1. The predicted molar refractivity (Wildman–Crippen MR) is 71.6 cm³/mol. The molecule has 0 saturated carbocycles. The van der Waals surface area contributed by atoms with Crippen LogP contribution >= 0.6 is 0 Å². The Labute approximate surface area is 109 Å². The number of fused-ring (bicyclic) bond motifs is 1. The van der Waals surface area contributed by atoms with Gasteiger partial charge in [-0.2, -0.15) is 0 Å². The summed E-state index contributed by atoms with van der Waals surface area (Å²) in [6.07, 6.45) is 1.99. The van der Waals surface area contributed by atoms with Crippen LogP contribution in [-0.4, -0.2) is 23.2 Å². The van der Waals surface area contributed by atoms with Gasteiger partial charge in [0.1, 0.15) is 5.56 Å². The normalized spacial score (nSPS) is 10.8. The Morgan fingerprint density at radius 3 is 2.68 bits per heavy atom. The lowest BCUT2D eigenvalue weighted by atomic mass is 10.0. The Bertz CT molecular complexity index is 688. The summed E-state index contributed by atoms with van der Waals surface area (Å²) in [6, 6.07) is 3.58. The first-order valence-corrected chi connectivity index (χ1v) is 5.98. The molecule has 0 radical (unpaired) electrons. The molecule has 19 heavy (non-hydrogen) atoms. The molecule has 2 rings (SSSR count). The van der Waals surface area contributed by atoms with E-state index in [1.165, 1.54) is 6.20 Å². The van der Waals surface area contributed by atoms with Gasteiger partial charge < -0.3 is 14.8 Å². The van der Waals surface area contributed by atoms with E-state index in [2.05, 4.69) is 4.98 Å². The number of carbonyl (C=O) groups is 1. The van der Waals surface area contributed by atoms with Gasteiger partial charge in [0.25, 0.3) is 0 Å². The highest BCUT2D eigenvalue weighted by atomic mass is 16.5. The Morgan fingerprint density at radius 1 is 1.37 bits per heavy atom. The van der Waals surface area contributed by atoms with Crippen LogP contribution < -0.4 is 5.43 Å². The van der Waals surface area contributed by atoms with E-state index in [9.17, 15) is 9.59 Å². The van der Waals surface area contributed by atoms with E-state index in [0.717, 1.165) is 17.5 Å². The lowest BCUT2D eigenvalue weighted by Crippen LogP contribution is -2.15. The fourth-order valence-electron chi connectivity index (χ4n) is 2.14. The number of carboxylic acids is 1. The van der Waals surface area contributed by atoms with Crippen molar-refractivity contribution in [2.24, 2.45) is 0 Å². The van der Waals surface area contributed by atoms with E-state index in [4.69, 9.17) is 9.84 Å². The van der Waals surface area contributed by atoms with Crippen LogP contribution in [-0.2, 0) is 17.8 Å². The lowest BCUT2D eigenvalue weighted by Gasteiger charge is -2.09. The molecule has 2 N–H and O–H groups in total. The minimum atomic E-state index is -1.22. The fourth-order valence-corrected chi connectivity index (χ4v) is 2.14. The lowest BCUT2D eigenvalue weighted by molar-refractivity contribution is 0.0695. The largest absolute Gasteiger partial charge is 0.477 e. The minimum Gasteiger partial charge on any atom is -0.477 e. The number of nitrogens with one attached hydrogen (secondary N) is 1. The third-order valence-corrected chi connectivity index (χ3v) is 3.11. The van der Waals surface area contributed by atoms with E-state index in [1.54, 1.807) is 13.2 Å². The number of pyridine rings is 1. The zero-order valence-corrected chi connectivity index (χ0v) is 10.8. The standard InChI is InChI=1S/C14H15NO4/c1-3-8-4-10-12(5-9(8)7-19-2)15-6-11(13(10)16)14(17)18/h4-6H,3,7H2,1-2H3,(H,15,16)(H,17,18). The maximum atomic E-state index is 12.1. The maximum Gasteiger partial charge on any atom is 0.341 e. The molecule has 1 aromatic heterocycles. The molecule has 0 saturated heterocycles. The van der Waals surface area contributed by atoms with Crippen LogP contribution in [0.5, 0.6) is 0 Å². The molecule has 0 unspecified atom stereocenters. The molecule has 0 aliphatic rings. The summed E-state index contributed by atoms with van der Waals surface area (Å²) in [6.45, 7) is 2.44. The first-order valence-electron chi connectivity index (χ1n) is 5.98. The smallest absolute Gasteiger partial charge is 0.341 e. The number of hydrogen-bond donors (Lipinski definition) is 2. The van der Waals surface area contributed by atoms with Gasteiger partial charge in [-0.25, -0.2) is 4.79 Å². The van der Waals surface area contributed by atoms with Gasteiger partial charge in [0, 0.05) is 24.2 Å². The first kappa shape index (κ1) is 13.3. The van der Waals surface area contributed by atoms with Gasteiger partial charge in [0.15, 0.2) is 0 Å². The maximum absolute atomic E-state index is 12.1. The van der Waals surface area contributed by atoms with Gasteiger partial charge >= 0.3 is 5.97 Å². The number of aromatic nitrogens is 1. The molecule has 5 nitrogen and oxygen atoms in total. The summed E-state index contributed by atoms with van der Waals surface area (Å²) in [5.41, 5.74) is 1.91. The van der Waals surface area contributed by atoms with Crippen LogP contribution in [0.2, 0.25) is 0 Å². The molecule has 2 aromatic rings. The summed E-state index contributed by atoms with van der Waals surface area (Å²) >= 11 is 0. The first-order chi connectivity index (χ1) is 9.08. The van der Waals surface area contributed by atoms with Gasteiger partial charge in [0.2, 0.25) is 5.43 Å². The molecule has 100 valence electrons. The average molecular weight is 261 g/mol. The molecule has 0 aliphatic heterocycles. The van der Waals surface area contributed by atoms with Crippen molar-refractivity contribution in [3.63, 3.8) is 0 Å². The van der Waals surface area contributed by atoms with Crippen molar-refractivity contribution in [3.05, 3.63) is 45.2 Å². The monoisotopic (exact) mass is 261 g/mol. The molecule has 0 bridgehead atoms. The number of benzene rings is 1. The summed E-state index contributed by atoms with van der Waals surface area (Å²) in [4.78, 5) is 25.9. The van der Waals surface area contributed by atoms with E-state index >= 15 is 0 Å². The van der Waals surface area contributed by atoms with Crippen molar-refractivity contribution in [2.75, 3.05) is 7.11 Å². The van der Waals surface area contributed by atoms with Crippen molar-refractivity contribution in [2.45, 2.75) is 20.0 Å². The second-order valence-electron chi connectivity index (χ2n) is 4.29. The highest BCUT2D eigenvalue weighted by molar-refractivity contribution is 5.92. The number of carboxylic acid groups (broad SMARTS) is 1. The molecule has 1 heterocycles. The van der Waals surface area contributed by atoms with Crippen LogP contribution in [0.4, 0.5) is 0 Å². The quantitative estimate of drug-likeness (QED) is 0.881. The Balaban J connectivity index is 2.74. The van der Waals surface area contributed by atoms with Crippen molar-refractivity contribution in [3.8, 4) is 0 Å². The van der Waals surface area contributed by atoms with E-state index in [0.29, 0.717) is 17.5 Å². The van der Waals surface area contributed by atoms with E-state index in [-0.39, 0.29) is 5.56 Å². The topological polar surface area (TPSA) is 79.4 Å². The second-order valence-corrected chi connectivity index (χ2v) is 4.29. The molecule has 0 fully saturated rings. The molecule has 0 amide bonds. The van der Waals surface area contributed by atoms with Gasteiger partial charge in [-0.05, 0) is 29.7 Å². The van der Waals surface area contributed by atoms with Crippen molar-refractivity contribution in [1.82, 2.24) is 4.98 Å². The molecule has 5 heteroatoms. The zero-order valence-electron chi connectivity index (χ0n) is 10.8. The molecular formula is C14H15NO4. The van der Waals surface area contributed by atoms with E-state index in [1.807, 2.05) is 13.0 Å². The highest BCUT2D eigenvalue weighted by Crippen LogP contribution is 2.18. The van der Waals surface area contributed by atoms with Crippen molar-refractivity contribution >= 4 is 16.9 Å². The summed E-state index contributed by atoms with van der Waals surface area (Å²) < 4.78 is 5.13. The number of aromatic carboxylic acids is 1. The molecular weight excluding hydrogens is 246 g/mol. The Kier molecular flexibility index (Phi) is 3.66. The van der Waals surface area contributed by atoms with Crippen LogP contribution in [0, 0.1) is 0 Å². The SMILES string of the molecule is CCc1cc2c(=O)c(C(=O)O)c[nH]c2cc1COC. The van der Waals surface area contributed by atoms with Crippen LogP contribution in [0.3, 0.4) is 0 Å². The third kappa shape index (κ3) is 2.37. The molecule has 0 aliphatic carbocycles. The zero-order chi connectivity index (χ0) is 14.0. The van der Waals surface area contributed by atoms with Gasteiger partial charge in [-0.1, -0.05) is 6.92 Å². The number of aromatic amines is 1. The number of methoxy groups -OCH3 is 1. The predicted octanol–water partition coefficient (Wildman–Crippen LogP) is 1.94. The average Bonchev–Trinajstić information content (AvgIpc) is 2.38. The van der Waals surface area contributed by atoms with Gasteiger partial charge in [-0.3, -0.25) is 4.79 Å². The second kappa shape index (κ2) is 5.24. The Morgan fingerprint density at radius 2 is 2.11 bits per heavy atom. The number of hydrogen-bond acceptors (Lipinski definition) is 3. The molecule has 0 atom stereocenters. The van der Waals surface area contributed by atoms with E-state index < -0.39 is 11.4 Å². The summed E-state index contributed by atoms with van der Waals surface area (Å²) in [5, 5.41) is 9.35. The van der Waals surface area contributed by atoms with Crippen molar-refractivity contribution in [1.29, 1.82) is 0 Å². The summed E-state index contributed by atoms with van der Waals surface area (Å²) in [7, 11) is 1.61. The fraction of sp³-hybridized carbons (Fsp3) is 0.286. The minimum absolute atomic E-state index is 0.242. The van der Waals surface area contributed by atoms with Crippen LogP contribution in [0.1, 0.15) is 28.4 Å². The number of rotatable bonds is 4. The van der Waals surface area contributed by atoms with Gasteiger partial charge in [0.05, 0.1) is 6.61 Å². The highest BCUT2D eigenvalue weighted by Gasteiger charge is 2.13. The number of ether oxygens (including phenoxy) is 1. The molecule has 1 aromatic carbocycles. The molecule has 0 spiro atoms. The number of H-pyrrole nitrogens is 1. The van der Waals surface area contributed by atoms with Gasteiger partial charge in [-0.15, -0.1) is 0 Å². The summed E-state index contributed by atoms with van der Waals surface area (Å²) in [5.74, 6) is -1.22. The third-order valence-electron chi connectivity index (χ3n) is 3.11. The van der Waals surface area contributed by atoms with Crippen molar-refractivity contribution < 1.29 is 14.6 Å².